The highest BCUT2D eigenvalue weighted by molar-refractivity contribution is 5.84. The lowest BCUT2D eigenvalue weighted by Gasteiger charge is -2.12. The molecule has 14 heteroatoms. The summed E-state index contributed by atoms with van der Waals surface area (Å²) in [5.41, 5.74) is 0. The Labute approximate surface area is 291 Å². The number of nitrogens with one attached hydrogen (secondary N) is 2. The highest BCUT2D eigenvalue weighted by atomic mass is 16.6. The highest BCUT2D eigenvalue weighted by Gasteiger charge is 2.22. The van der Waals surface area contributed by atoms with Crippen molar-refractivity contribution < 1.29 is 53.3 Å². The summed E-state index contributed by atoms with van der Waals surface area (Å²) in [6.07, 6.45) is 16.8. The summed E-state index contributed by atoms with van der Waals surface area (Å²) < 4.78 is 10.6. The number of hydrogen-bond donors (Lipinski definition) is 5. The number of hydrogen-bond acceptors (Lipinski definition) is 10. The molecule has 0 saturated heterocycles. The Morgan fingerprint density at radius 1 is 0.531 bits per heavy atom. The molecular weight excluding hydrogens is 638 g/mol. The van der Waals surface area contributed by atoms with Crippen molar-refractivity contribution in [1.29, 1.82) is 0 Å². The van der Waals surface area contributed by atoms with Crippen LogP contribution >= 0.6 is 0 Å². The fraction of sp³-hybridized carbons (Fsp3) is 0.829. The number of carbonyl (C=O) groups excluding carboxylic acids is 4. The lowest BCUT2D eigenvalue weighted by atomic mass is 9.94. The van der Waals surface area contributed by atoms with E-state index in [1.807, 2.05) is 0 Å². The number of ether oxygens (including phenoxy) is 2. The maximum atomic E-state index is 12.4. The lowest BCUT2D eigenvalue weighted by molar-refractivity contribution is -0.144. The number of unbranched alkanes of at least 4 members (excludes halogenated alkanes) is 13. The predicted octanol–water partition coefficient (Wildman–Crippen LogP) is 4.26. The number of amides is 2. The van der Waals surface area contributed by atoms with Crippen molar-refractivity contribution in [3.8, 4) is 0 Å². The minimum absolute atomic E-state index is 0.00848. The zero-order valence-electron chi connectivity index (χ0n) is 29.5. The Balaban J connectivity index is 3.69. The fourth-order valence-electron chi connectivity index (χ4n) is 5.18. The molecule has 284 valence electrons. The molecule has 0 heterocycles. The first-order valence-electron chi connectivity index (χ1n) is 18.1. The molecule has 0 radical (unpaired) electrons. The van der Waals surface area contributed by atoms with Crippen LogP contribution in [0.4, 0.5) is 0 Å². The van der Waals surface area contributed by atoms with E-state index >= 15 is 0 Å². The molecule has 0 aliphatic heterocycles. The Morgan fingerprint density at radius 3 is 1.59 bits per heavy atom. The number of rotatable bonds is 37. The molecule has 0 spiro atoms. The first-order valence-corrected chi connectivity index (χ1v) is 18.1. The second-order valence-electron chi connectivity index (χ2n) is 12.5. The number of ketones is 2. The molecule has 0 fully saturated rings. The van der Waals surface area contributed by atoms with Crippen LogP contribution in [0.5, 0.6) is 0 Å². The van der Waals surface area contributed by atoms with Gasteiger partial charge in [0.25, 0.3) is 0 Å². The summed E-state index contributed by atoms with van der Waals surface area (Å²) in [6.45, 7) is 0.969. The third-order valence-electron chi connectivity index (χ3n) is 8.01. The van der Waals surface area contributed by atoms with Gasteiger partial charge in [0.2, 0.25) is 11.8 Å². The van der Waals surface area contributed by atoms with Crippen LogP contribution in [0, 0.1) is 5.92 Å². The van der Waals surface area contributed by atoms with Crippen molar-refractivity contribution >= 4 is 35.3 Å². The third-order valence-corrected chi connectivity index (χ3v) is 8.01. The van der Waals surface area contributed by atoms with E-state index in [1.165, 1.54) is 44.9 Å². The van der Waals surface area contributed by atoms with Gasteiger partial charge in [-0.15, -0.1) is 0 Å². The minimum atomic E-state index is -1.07. The monoisotopic (exact) mass is 701 g/mol. The van der Waals surface area contributed by atoms with E-state index in [0.29, 0.717) is 19.4 Å². The number of aliphatic carboxylic acids is 2. The summed E-state index contributed by atoms with van der Waals surface area (Å²) in [5.74, 6) is 1.31. The average molecular weight is 702 g/mol. The standard InChI is InChI=1S/C35H63N3O11/c36-49-28-33(42)37-21-15-17-31(40)27-48-25-24-47-23-22-38-32(41)20-19-29(35(45)46)26-30(39)16-13-11-9-7-5-3-1-2-4-6-8-10-12-14-18-34(43)44/h29H,1-28,36H2,(H,37,42)(H,38,41)(H,43,44)(H,45,46)/t29-/m1/s1. The van der Waals surface area contributed by atoms with Crippen molar-refractivity contribution in [2.45, 2.75) is 135 Å². The molecule has 6 N–H and O–H groups in total. The number of carboxylic acids is 2. The predicted molar refractivity (Wildman–Crippen MR) is 184 cm³/mol. The van der Waals surface area contributed by atoms with Crippen molar-refractivity contribution in [2.24, 2.45) is 11.8 Å². The SMILES string of the molecule is NOCC(=O)NCCCC(=O)COCCOCCNC(=O)CC[C@H](CC(=O)CCCCCCCCCCCCCCCCC(=O)O)C(=O)O. The molecule has 49 heavy (non-hydrogen) atoms. The molecule has 0 unspecified atom stereocenters. The second kappa shape index (κ2) is 33.6. The van der Waals surface area contributed by atoms with Crippen LogP contribution in [-0.2, 0) is 43.1 Å². The molecule has 14 nitrogen and oxygen atoms in total. The van der Waals surface area contributed by atoms with Crippen molar-refractivity contribution in [3.63, 3.8) is 0 Å². The lowest BCUT2D eigenvalue weighted by Crippen LogP contribution is -2.30. The maximum Gasteiger partial charge on any atom is 0.306 e. The summed E-state index contributed by atoms with van der Waals surface area (Å²) in [4.78, 5) is 73.8. The molecule has 0 aliphatic rings. The van der Waals surface area contributed by atoms with Crippen LogP contribution in [0.15, 0.2) is 0 Å². The smallest absolute Gasteiger partial charge is 0.306 e. The molecule has 0 aromatic carbocycles. The minimum Gasteiger partial charge on any atom is -0.481 e. The van der Waals surface area contributed by atoms with Gasteiger partial charge in [-0.2, -0.15) is 0 Å². The molecule has 0 rings (SSSR count). The van der Waals surface area contributed by atoms with Crippen LogP contribution in [-0.4, -0.2) is 91.7 Å². The number of carbonyl (C=O) groups is 6. The van der Waals surface area contributed by atoms with E-state index in [1.54, 1.807) is 0 Å². The van der Waals surface area contributed by atoms with Crippen LogP contribution in [0.25, 0.3) is 0 Å². The van der Waals surface area contributed by atoms with E-state index < -0.39 is 17.9 Å². The third kappa shape index (κ3) is 33.3. The first-order chi connectivity index (χ1) is 23.6. The maximum absolute atomic E-state index is 12.4. The Bertz CT molecular complexity index is 917. The van der Waals surface area contributed by atoms with Gasteiger partial charge in [-0.05, 0) is 25.7 Å². The quantitative estimate of drug-likeness (QED) is 0.0453. The van der Waals surface area contributed by atoms with Gasteiger partial charge in [-0.3, -0.25) is 33.6 Å². The summed E-state index contributed by atoms with van der Waals surface area (Å²) >= 11 is 0. The summed E-state index contributed by atoms with van der Waals surface area (Å²) in [7, 11) is 0. The molecule has 0 aromatic rings. The molecule has 2 amide bonds. The highest BCUT2D eigenvalue weighted by Crippen LogP contribution is 2.17. The van der Waals surface area contributed by atoms with Gasteiger partial charge in [0.15, 0.2) is 5.78 Å². The molecular formula is C35H63N3O11. The van der Waals surface area contributed by atoms with Crippen molar-refractivity contribution in [1.82, 2.24) is 10.6 Å². The van der Waals surface area contributed by atoms with Crippen LogP contribution in [0.2, 0.25) is 0 Å². The van der Waals surface area contributed by atoms with E-state index in [4.69, 9.17) is 20.5 Å². The van der Waals surface area contributed by atoms with Gasteiger partial charge in [0, 0.05) is 45.2 Å². The van der Waals surface area contributed by atoms with Gasteiger partial charge >= 0.3 is 11.9 Å². The van der Waals surface area contributed by atoms with Crippen molar-refractivity contribution in [2.75, 3.05) is 46.1 Å². The first kappa shape index (κ1) is 46.1. The second-order valence-corrected chi connectivity index (χ2v) is 12.5. The number of Topliss-reactive ketones (excluding diaryl/α,β-unsaturated/α-hetero) is 2. The normalized spacial score (nSPS) is 11.6. The zero-order chi connectivity index (χ0) is 36.4. The average Bonchev–Trinajstić information content (AvgIpc) is 3.05. The van der Waals surface area contributed by atoms with Gasteiger partial charge in [-0.25, -0.2) is 5.90 Å². The van der Waals surface area contributed by atoms with E-state index in [0.717, 1.165) is 44.9 Å². The van der Waals surface area contributed by atoms with E-state index in [9.17, 15) is 33.9 Å². The van der Waals surface area contributed by atoms with Gasteiger partial charge in [-0.1, -0.05) is 77.0 Å². The Kier molecular flexibility index (Phi) is 31.5. The molecule has 0 saturated carbocycles. The van der Waals surface area contributed by atoms with Gasteiger partial charge in [0.1, 0.15) is 19.0 Å². The summed E-state index contributed by atoms with van der Waals surface area (Å²) in [6, 6.07) is 0. The fourth-order valence-corrected chi connectivity index (χ4v) is 5.18. The molecule has 1 atom stereocenters. The number of nitrogens with two attached hydrogens (primary N) is 1. The number of carboxylic acid groups (broad SMARTS) is 2. The van der Waals surface area contributed by atoms with Gasteiger partial charge in [0.05, 0.1) is 25.7 Å². The van der Waals surface area contributed by atoms with Gasteiger partial charge < -0.3 is 30.3 Å². The Morgan fingerprint density at radius 2 is 1.04 bits per heavy atom. The van der Waals surface area contributed by atoms with Crippen LogP contribution < -0.4 is 16.5 Å². The zero-order valence-corrected chi connectivity index (χ0v) is 29.5. The van der Waals surface area contributed by atoms with Crippen LogP contribution in [0.3, 0.4) is 0 Å². The largest absolute Gasteiger partial charge is 0.481 e. The molecule has 0 aliphatic carbocycles. The van der Waals surface area contributed by atoms with E-state index in [2.05, 4.69) is 15.5 Å². The molecule has 0 aromatic heterocycles. The van der Waals surface area contributed by atoms with E-state index in [-0.39, 0.29) is 95.1 Å². The Hall–Kier alpha value is -2.94. The molecule has 0 bridgehead atoms. The van der Waals surface area contributed by atoms with Crippen LogP contribution in [0.1, 0.15) is 135 Å². The summed E-state index contributed by atoms with van der Waals surface area (Å²) in [5, 5.41) is 23.4. The topological polar surface area (TPSA) is 221 Å². The van der Waals surface area contributed by atoms with Crippen molar-refractivity contribution in [3.05, 3.63) is 0 Å².